The maximum absolute atomic E-state index is 12.2. The molecule has 0 saturated heterocycles. The molecule has 1 unspecified atom stereocenters. The Bertz CT molecular complexity index is 598. The fourth-order valence-corrected chi connectivity index (χ4v) is 2.67. The van der Waals surface area contributed by atoms with Gasteiger partial charge in [-0.3, -0.25) is 4.79 Å². The highest BCUT2D eigenvalue weighted by molar-refractivity contribution is 9.10. The van der Waals surface area contributed by atoms with Crippen LogP contribution in [0.5, 0.6) is 0 Å². The zero-order chi connectivity index (χ0) is 15.9. The number of quaternary nitrogens is 1. The minimum Gasteiger partial charge on any atom is -0.345 e. The van der Waals surface area contributed by atoms with Crippen LogP contribution in [0, 0.1) is 0 Å². The molecule has 2 aromatic carbocycles. The van der Waals surface area contributed by atoms with Crippen molar-refractivity contribution in [3.05, 3.63) is 70.2 Å². The van der Waals surface area contributed by atoms with Crippen LogP contribution in [-0.2, 0) is 11.3 Å². The van der Waals surface area contributed by atoms with Gasteiger partial charge in [0.2, 0.25) is 0 Å². The quantitative estimate of drug-likeness (QED) is 0.813. The SMILES string of the molecule is C[C@@H](NC(=O)C[NH+](C)Cc1ccccc1)c1ccc(Br)cc1. The standard InChI is InChI=1S/C18H21BrN2O/c1-14(16-8-10-17(19)11-9-16)20-18(22)13-21(2)12-15-6-4-3-5-7-15/h3-11,14H,12-13H2,1-2H3,(H,20,22)/p+1/t14-/m1/s1. The fraction of sp³-hybridized carbons (Fsp3) is 0.278. The molecule has 0 bridgehead atoms. The minimum atomic E-state index is 0.0186. The lowest BCUT2D eigenvalue weighted by atomic mass is 10.1. The second-order valence-corrected chi connectivity index (χ2v) is 6.55. The Morgan fingerprint density at radius 3 is 2.41 bits per heavy atom. The summed E-state index contributed by atoms with van der Waals surface area (Å²) in [5.74, 6) is 0.0730. The van der Waals surface area contributed by atoms with E-state index in [1.165, 1.54) is 10.5 Å². The van der Waals surface area contributed by atoms with E-state index in [0.29, 0.717) is 6.54 Å². The first-order valence-electron chi connectivity index (χ1n) is 7.44. The van der Waals surface area contributed by atoms with Crippen molar-refractivity contribution in [2.75, 3.05) is 13.6 Å². The van der Waals surface area contributed by atoms with Gasteiger partial charge in [-0.15, -0.1) is 0 Å². The van der Waals surface area contributed by atoms with Crippen molar-refractivity contribution >= 4 is 21.8 Å². The van der Waals surface area contributed by atoms with Gasteiger partial charge in [0.25, 0.3) is 5.91 Å². The molecule has 0 radical (unpaired) electrons. The number of benzene rings is 2. The van der Waals surface area contributed by atoms with Gasteiger partial charge in [0, 0.05) is 10.0 Å². The van der Waals surface area contributed by atoms with E-state index in [1.54, 1.807) is 0 Å². The number of carbonyl (C=O) groups excluding carboxylic acids is 1. The number of hydrogen-bond acceptors (Lipinski definition) is 1. The number of nitrogens with one attached hydrogen (secondary N) is 2. The molecule has 2 atom stereocenters. The zero-order valence-electron chi connectivity index (χ0n) is 13.0. The number of likely N-dealkylation sites (N-methyl/N-ethyl adjacent to an activating group) is 1. The molecule has 22 heavy (non-hydrogen) atoms. The summed E-state index contributed by atoms with van der Waals surface area (Å²) < 4.78 is 1.04. The van der Waals surface area contributed by atoms with Crippen molar-refractivity contribution in [3.63, 3.8) is 0 Å². The number of amides is 1. The molecule has 1 amide bonds. The minimum absolute atomic E-state index is 0.0186. The van der Waals surface area contributed by atoms with E-state index in [4.69, 9.17) is 0 Å². The lowest BCUT2D eigenvalue weighted by molar-refractivity contribution is -0.885. The lowest BCUT2D eigenvalue weighted by Crippen LogP contribution is -3.08. The molecule has 2 aromatic rings. The summed E-state index contributed by atoms with van der Waals surface area (Å²) in [7, 11) is 2.04. The summed E-state index contributed by atoms with van der Waals surface area (Å²) in [6.07, 6.45) is 0. The summed E-state index contributed by atoms with van der Waals surface area (Å²) in [4.78, 5) is 13.3. The molecule has 2 N–H and O–H groups in total. The molecule has 3 nitrogen and oxygen atoms in total. The van der Waals surface area contributed by atoms with Crippen LogP contribution in [-0.4, -0.2) is 19.5 Å². The summed E-state index contributed by atoms with van der Waals surface area (Å²) >= 11 is 3.42. The van der Waals surface area contributed by atoms with Crippen LogP contribution < -0.4 is 10.2 Å². The third kappa shape index (κ3) is 5.28. The van der Waals surface area contributed by atoms with Crippen molar-refractivity contribution in [2.45, 2.75) is 19.5 Å². The molecule has 0 aliphatic carbocycles. The van der Waals surface area contributed by atoms with Gasteiger partial charge in [-0.05, 0) is 24.6 Å². The van der Waals surface area contributed by atoms with Gasteiger partial charge in [0.15, 0.2) is 6.54 Å². The molecule has 0 heterocycles. The number of hydrogen-bond donors (Lipinski definition) is 2. The molecule has 116 valence electrons. The Morgan fingerprint density at radius 2 is 1.77 bits per heavy atom. The van der Waals surface area contributed by atoms with E-state index >= 15 is 0 Å². The summed E-state index contributed by atoms with van der Waals surface area (Å²) in [6.45, 7) is 3.32. The second-order valence-electron chi connectivity index (χ2n) is 5.64. The topological polar surface area (TPSA) is 33.5 Å². The normalized spacial score (nSPS) is 13.4. The fourth-order valence-electron chi connectivity index (χ4n) is 2.41. The molecule has 0 spiro atoms. The Hall–Kier alpha value is -1.65. The van der Waals surface area contributed by atoms with Crippen LogP contribution in [0.1, 0.15) is 24.1 Å². The van der Waals surface area contributed by atoms with E-state index in [1.807, 2.05) is 56.4 Å². The third-order valence-corrected chi connectivity index (χ3v) is 4.09. The van der Waals surface area contributed by atoms with Gasteiger partial charge in [-0.25, -0.2) is 0 Å². The maximum atomic E-state index is 12.2. The van der Waals surface area contributed by atoms with Crippen molar-refractivity contribution < 1.29 is 9.69 Å². The highest BCUT2D eigenvalue weighted by Gasteiger charge is 2.14. The third-order valence-electron chi connectivity index (χ3n) is 3.56. The van der Waals surface area contributed by atoms with Crippen molar-refractivity contribution in [1.82, 2.24) is 5.32 Å². The predicted molar refractivity (Wildman–Crippen MR) is 92.6 cm³/mol. The average molecular weight is 362 g/mol. The van der Waals surface area contributed by atoms with Crippen LogP contribution in [0.4, 0.5) is 0 Å². The van der Waals surface area contributed by atoms with E-state index < -0.39 is 0 Å². The molecule has 0 saturated carbocycles. The Morgan fingerprint density at radius 1 is 1.14 bits per heavy atom. The highest BCUT2D eigenvalue weighted by atomic mass is 79.9. The number of carbonyl (C=O) groups is 1. The van der Waals surface area contributed by atoms with E-state index in [-0.39, 0.29) is 11.9 Å². The van der Waals surface area contributed by atoms with Crippen LogP contribution in [0.3, 0.4) is 0 Å². The predicted octanol–water partition coefficient (Wildman–Crippen LogP) is 2.34. The van der Waals surface area contributed by atoms with Crippen molar-refractivity contribution in [1.29, 1.82) is 0 Å². The first-order chi connectivity index (χ1) is 10.5. The Balaban J connectivity index is 1.83. The van der Waals surface area contributed by atoms with Gasteiger partial charge in [-0.1, -0.05) is 58.4 Å². The van der Waals surface area contributed by atoms with Crippen LogP contribution in [0.2, 0.25) is 0 Å². The molecule has 2 rings (SSSR count). The van der Waals surface area contributed by atoms with Gasteiger partial charge in [-0.2, -0.15) is 0 Å². The molecule has 0 aromatic heterocycles. The molecular weight excluding hydrogens is 340 g/mol. The smallest absolute Gasteiger partial charge is 0.275 e. The first kappa shape index (κ1) is 16.7. The van der Waals surface area contributed by atoms with Crippen LogP contribution in [0.15, 0.2) is 59.1 Å². The average Bonchev–Trinajstić information content (AvgIpc) is 2.48. The van der Waals surface area contributed by atoms with Crippen molar-refractivity contribution in [3.8, 4) is 0 Å². The number of rotatable bonds is 6. The first-order valence-corrected chi connectivity index (χ1v) is 8.24. The zero-order valence-corrected chi connectivity index (χ0v) is 14.6. The van der Waals surface area contributed by atoms with Gasteiger partial charge < -0.3 is 10.2 Å². The lowest BCUT2D eigenvalue weighted by Gasteiger charge is -2.17. The summed E-state index contributed by atoms with van der Waals surface area (Å²) in [5.41, 5.74) is 2.35. The van der Waals surface area contributed by atoms with Crippen LogP contribution >= 0.6 is 15.9 Å². The molecule has 4 heteroatoms. The van der Waals surface area contributed by atoms with Gasteiger partial charge in [0.1, 0.15) is 6.54 Å². The Labute approximate surface area is 140 Å². The van der Waals surface area contributed by atoms with E-state index in [2.05, 4.69) is 33.4 Å². The van der Waals surface area contributed by atoms with E-state index in [0.717, 1.165) is 16.6 Å². The van der Waals surface area contributed by atoms with Gasteiger partial charge >= 0.3 is 0 Å². The Kier molecular flexibility index (Phi) is 6.16. The summed E-state index contributed by atoms with van der Waals surface area (Å²) in [5, 5.41) is 3.06. The largest absolute Gasteiger partial charge is 0.345 e. The molecule has 0 aliphatic heterocycles. The highest BCUT2D eigenvalue weighted by Crippen LogP contribution is 2.16. The molecule has 0 aliphatic rings. The maximum Gasteiger partial charge on any atom is 0.275 e. The summed E-state index contributed by atoms with van der Waals surface area (Å²) in [6, 6.07) is 18.3. The number of halogens is 1. The second kappa shape index (κ2) is 8.11. The van der Waals surface area contributed by atoms with E-state index in [9.17, 15) is 4.79 Å². The molecular formula is C18H22BrN2O+. The molecule has 0 fully saturated rings. The van der Waals surface area contributed by atoms with Gasteiger partial charge in [0.05, 0.1) is 13.1 Å². The van der Waals surface area contributed by atoms with Crippen LogP contribution in [0.25, 0.3) is 0 Å². The monoisotopic (exact) mass is 361 g/mol. The van der Waals surface area contributed by atoms with Crippen molar-refractivity contribution in [2.24, 2.45) is 0 Å².